The Hall–Kier alpha value is -3.88. The van der Waals surface area contributed by atoms with Crippen LogP contribution in [-0.2, 0) is 4.74 Å². The minimum atomic E-state index is -0.607. The van der Waals surface area contributed by atoms with Gasteiger partial charge in [0.15, 0.2) is 17.5 Å². The van der Waals surface area contributed by atoms with E-state index in [0.717, 1.165) is 11.9 Å². The summed E-state index contributed by atoms with van der Waals surface area (Å²) in [6.45, 7) is 3.70. The Bertz CT molecular complexity index is 1080. The number of aryl methyl sites for hydroxylation is 1. The van der Waals surface area contributed by atoms with Crippen molar-refractivity contribution >= 4 is 23.3 Å². The third-order valence-corrected chi connectivity index (χ3v) is 3.86. The molecule has 0 aromatic carbocycles. The Morgan fingerprint density at radius 2 is 2.17 bits per heavy atom. The van der Waals surface area contributed by atoms with Gasteiger partial charge in [0.1, 0.15) is 5.69 Å². The largest absolute Gasteiger partial charge is 0.462 e. The zero-order chi connectivity index (χ0) is 20.8. The average molecular weight is 394 g/mol. The third kappa shape index (κ3) is 4.70. The van der Waals surface area contributed by atoms with Crippen molar-refractivity contribution < 1.29 is 13.9 Å². The van der Waals surface area contributed by atoms with Crippen molar-refractivity contribution in [3.05, 3.63) is 77.4 Å². The van der Waals surface area contributed by atoms with Crippen LogP contribution < -0.4 is 5.32 Å². The van der Waals surface area contributed by atoms with E-state index in [1.807, 2.05) is 0 Å². The molecule has 0 saturated carbocycles. The second-order valence-electron chi connectivity index (χ2n) is 5.94. The number of aromatic nitrogens is 3. The molecule has 8 nitrogen and oxygen atoms in total. The molecule has 9 heteroatoms. The number of rotatable bonds is 5. The average Bonchev–Trinajstić information content (AvgIpc) is 3.19. The number of halogens is 1. The predicted molar refractivity (Wildman–Crippen MR) is 107 cm³/mol. The van der Waals surface area contributed by atoms with Gasteiger partial charge >= 0.3 is 5.97 Å². The maximum Gasteiger partial charge on any atom is 0.340 e. The molecule has 29 heavy (non-hydrogen) atoms. The number of nitrogens with one attached hydrogen (secondary N) is 3. The van der Waals surface area contributed by atoms with Crippen LogP contribution in [0.4, 0.5) is 10.1 Å². The van der Waals surface area contributed by atoms with Crippen molar-refractivity contribution in [2.24, 2.45) is 4.99 Å². The van der Waals surface area contributed by atoms with Gasteiger partial charge in [-0.1, -0.05) is 6.07 Å². The number of amidine groups is 2. The molecule has 3 heterocycles. The van der Waals surface area contributed by atoms with Gasteiger partial charge in [0, 0.05) is 18.1 Å². The Morgan fingerprint density at radius 1 is 1.34 bits per heavy atom. The topological polar surface area (TPSA) is 116 Å². The molecular formula is C20H19FN6O2. The van der Waals surface area contributed by atoms with E-state index in [2.05, 4.69) is 25.3 Å². The normalized spacial score (nSPS) is 11.2. The van der Waals surface area contributed by atoms with Gasteiger partial charge in [-0.3, -0.25) is 10.4 Å². The van der Waals surface area contributed by atoms with Crippen molar-refractivity contribution in [2.75, 3.05) is 11.9 Å². The number of H-pyrrole nitrogens is 1. The molecule has 3 aromatic rings. The van der Waals surface area contributed by atoms with Crippen LogP contribution in [0.3, 0.4) is 0 Å². The minimum absolute atomic E-state index is 0.0662. The zero-order valence-electron chi connectivity index (χ0n) is 15.9. The molecule has 0 amide bonds. The Labute approximate surface area is 166 Å². The van der Waals surface area contributed by atoms with E-state index in [1.54, 1.807) is 32.0 Å². The van der Waals surface area contributed by atoms with E-state index < -0.39 is 11.8 Å². The van der Waals surface area contributed by atoms with E-state index in [0.29, 0.717) is 5.69 Å². The van der Waals surface area contributed by atoms with Crippen molar-refractivity contribution in [3.8, 4) is 0 Å². The van der Waals surface area contributed by atoms with Crippen LogP contribution in [-0.4, -0.2) is 39.2 Å². The summed E-state index contributed by atoms with van der Waals surface area (Å²) in [4.78, 5) is 27.4. The number of ether oxygens (including phenoxy) is 1. The van der Waals surface area contributed by atoms with Crippen molar-refractivity contribution in [1.82, 2.24) is 15.0 Å². The molecule has 3 rings (SSSR count). The number of anilines is 1. The number of nitrogens with zero attached hydrogens (tertiary/aromatic N) is 3. The van der Waals surface area contributed by atoms with E-state index in [-0.39, 0.29) is 35.2 Å². The molecule has 0 bridgehead atoms. The fraction of sp³-hybridized carbons (Fsp3) is 0.150. The van der Waals surface area contributed by atoms with Crippen LogP contribution in [0.5, 0.6) is 0 Å². The zero-order valence-corrected chi connectivity index (χ0v) is 15.9. The molecule has 0 aliphatic carbocycles. The highest BCUT2D eigenvalue weighted by atomic mass is 19.1. The first-order chi connectivity index (χ1) is 14.0. The second kappa shape index (κ2) is 8.87. The van der Waals surface area contributed by atoms with Crippen molar-refractivity contribution in [2.45, 2.75) is 13.8 Å². The van der Waals surface area contributed by atoms with Gasteiger partial charge in [0.05, 0.1) is 29.7 Å². The molecule has 148 valence electrons. The fourth-order valence-electron chi connectivity index (χ4n) is 2.54. The van der Waals surface area contributed by atoms with Crippen molar-refractivity contribution in [3.63, 3.8) is 0 Å². The van der Waals surface area contributed by atoms with Crippen molar-refractivity contribution in [1.29, 1.82) is 5.41 Å². The van der Waals surface area contributed by atoms with Gasteiger partial charge in [0.25, 0.3) is 0 Å². The summed E-state index contributed by atoms with van der Waals surface area (Å²) in [5.41, 5.74) is 1.62. The van der Waals surface area contributed by atoms with E-state index in [1.165, 1.54) is 24.5 Å². The molecule has 0 unspecified atom stereocenters. The monoisotopic (exact) mass is 394 g/mol. The first-order valence-corrected chi connectivity index (χ1v) is 8.82. The van der Waals surface area contributed by atoms with Gasteiger partial charge in [0.2, 0.25) is 0 Å². The summed E-state index contributed by atoms with van der Waals surface area (Å²) in [7, 11) is 0. The number of carbonyl (C=O) groups excluding carboxylic acids is 1. The number of esters is 1. The molecule has 3 aromatic heterocycles. The summed E-state index contributed by atoms with van der Waals surface area (Å²) in [5, 5.41) is 11.1. The number of hydrogen-bond donors (Lipinski definition) is 3. The number of aromatic amines is 1. The smallest absolute Gasteiger partial charge is 0.340 e. The fourth-order valence-corrected chi connectivity index (χ4v) is 2.54. The van der Waals surface area contributed by atoms with Gasteiger partial charge in [-0.2, -0.15) is 0 Å². The molecule has 0 saturated heterocycles. The van der Waals surface area contributed by atoms with Crippen LogP contribution >= 0.6 is 0 Å². The Kier molecular flexibility index (Phi) is 6.08. The second-order valence-corrected chi connectivity index (χ2v) is 5.94. The molecule has 3 N–H and O–H groups in total. The van der Waals surface area contributed by atoms with E-state index in [4.69, 9.17) is 10.1 Å². The third-order valence-electron chi connectivity index (χ3n) is 3.86. The van der Waals surface area contributed by atoms with Crippen LogP contribution in [0.25, 0.3) is 0 Å². The Balaban J connectivity index is 2.05. The number of pyridine rings is 2. The van der Waals surface area contributed by atoms with Crippen LogP contribution in [0.2, 0.25) is 0 Å². The summed E-state index contributed by atoms with van der Waals surface area (Å²) in [5.74, 6) is -1.26. The molecule has 0 atom stereocenters. The minimum Gasteiger partial charge on any atom is -0.462 e. The van der Waals surface area contributed by atoms with Gasteiger partial charge < -0.3 is 15.0 Å². The maximum atomic E-state index is 14.1. The van der Waals surface area contributed by atoms with Gasteiger partial charge in [-0.15, -0.1) is 0 Å². The molecule has 0 aliphatic heterocycles. The highest BCUT2D eigenvalue weighted by molar-refractivity contribution is 6.18. The number of hydrogen-bond acceptors (Lipinski definition) is 5. The van der Waals surface area contributed by atoms with Gasteiger partial charge in [-0.05, 0) is 38.1 Å². The highest BCUT2D eigenvalue weighted by Gasteiger charge is 2.20. The maximum absolute atomic E-state index is 14.1. The van der Waals surface area contributed by atoms with Gasteiger partial charge in [-0.25, -0.2) is 19.2 Å². The first-order valence-electron chi connectivity index (χ1n) is 8.82. The summed E-state index contributed by atoms with van der Waals surface area (Å²) < 4.78 is 19.2. The molecule has 0 radical (unpaired) electrons. The molecular weight excluding hydrogens is 375 g/mol. The summed E-state index contributed by atoms with van der Waals surface area (Å²) in [6.07, 6.45) is 4.00. The van der Waals surface area contributed by atoms with Crippen LogP contribution in [0.1, 0.15) is 34.4 Å². The lowest BCUT2D eigenvalue weighted by atomic mass is 10.2. The molecule has 0 aliphatic rings. The lowest BCUT2D eigenvalue weighted by Crippen LogP contribution is -2.21. The quantitative estimate of drug-likeness (QED) is 0.349. The number of carbonyl (C=O) groups is 1. The van der Waals surface area contributed by atoms with Crippen LogP contribution in [0.15, 0.2) is 53.9 Å². The lowest BCUT2D eigenvalue weighted by molar-refractivity contribution is 0.0526. The first kappa shape index (κ1) is 19.9. The highest BCUT2D eigenvalue weighted by Crippen LogP contribution is 2.16. The molecule has 0 spiro atoms. The summed E-state index contributed by atoms with van der Waals surface area (Å²) in [6, 6.07) is 8.16. The summed E-state index contributed by atoms with van der Waals surface area (Å²) >= 11 is 0. The standard InChI is InChI=1S/C20H19FN6O2/c1-3-29-20(28)13-7-10-24-17(13)19(26-15-8-9-23-11-14(15)21)27-18(22)16-6-4-5-12(2)25-16/h4-11,24H,3H2,1-2H3,(H2,22,23,26,27). The lowest BCUT2D eigenvalue weighted by Gasteiger charge is -2.12. The van der Waals surface area contributed by atoms with Crippen LogP contribution in [0, 0.1) is 18.2 Å². The van der Waals surface area contributed by atoms with E-state index in [9.17, 15) is 9.18 Å². The number of aliphatic imine (C=N–C) groups is 1. The SMILES string of the molecule is CCOC(=O)c1cc[nH]c1/C(=N\C(=N)c1cccc(C)n1)Nc1ccncc1F. The molecule has 0 fully saturated rings. The predicted octanol–water partition coefficient (Wildman–Crippen LogP) is 3.31. The Morgan fingerprint density at radius 3 is 2.90 bits per heavy atom. The van der Waals surface area contributed by atoms with E-state index >= 15 is 0 Å².